The van der Waals surface area contributed by atoms with Gasteiger partial charge < -0.3 is 0 Å². The molecule has 0 saturated heterocycles. The SMILES string of the molecule is c1ccc(-c2nc(-c3ccc(-c4ccc5c6ccccc6c6ccccc6c5c4)cc3)nc3sc4ccccc4c23)cc1. The Morgan fingerprint density at radius 2 is 0.907 bits per heavy atom. The summed E-state index contributed by atoms with van der Waals surface area (Å²) in [5, 5.41) is 10.1. The molecule has 0 unspecified atom stereocenters. The van der Waals surface area contributed by atoms with E-state index >= 15 is 0 Å². The van der Waals surface area contributed by atoms with Crippen LogP contribution in [0.15, 0.2) is 146 Å². The molecule has 7 aromatic carbocycles. The number of hydrogen-bond donors (Lipinski definition) is 0. The lowest BCUT2D eigenvalue weighted by molar-refractivity contribution is 1.24. The van der Waals surface area contributed by atoms with Crippen LogP contribution in [0.25, 0.3) is 86.4 Å². The van der Waals surface area contributed by atoms with Crippen LogP contribution in [0, 0.1) is 0 Å². The number of thiophene rings is 1. The standard InChI is InChI=1S/C40H24N2S/c1-2-10-26(11-3-1)38-37-34-16-8-9-17-36(34)43-40(37)42-39(41-38)27-20-18-25(19-21-27)28-22-23-33-31-14-5-4-12-29(31)30-13-6-7-15-32(30)35(33)24-28/h1-24H. The number of benzene rings is 7. The van der Waals surface area contributed by atoms with Crippen molar-refractivity contribution in [2.45, 2.75) is 0 Å². The van der Waals surface area contributed by atoms with Crippen molar-refractivity contribution in [3.63, 3.8) is 0 Å². The second-order valence-electron chi connectivity index (χ2n) is 11.0. The quantitative estimate of drug-likeness (QED) is 0.199. The van der Waals surface area contributed by atoms with Gasteiger partial charge in [-0.05, 0) is 55.6 Å². The van der Waals surface area contributed by atoms with E-state index in [0.717, 1.165) is 32.9 Å². The minimum absolute atomic E-state index is 0.750. The molecule has 200 valence electrons. The second-order valence-corrected chi connectivity index (χ2v) is 12.0. The van der Waals surface area contributed by atoms with E-state index in [1.807, 2.05) is 6.07 Å². The van der Waals surface area contributed by atoms with Gasteiger partial charge in [0.25, 0.3) is 0 Å². The Balaban J connectivity index is 1.18. The second kappa shape index (κ2) is 9.59. The fourth-order valence-electron chi connectivity index (χ4n) is 6.46. The predicted molar refractivity (Wildman–Crippen MR) is 184 cm³/mol. The minimum atomic E-state index is 0.750. The van der Waals surface area contributed by atoms with E-state index in [-0.39, 0.29) is 0 Å². The van der Waals surface area contributed by atoms with Crippen LogP contribution in [0.2, 0.25) is 0 Å². The van der Waals surface area contributed by atoms with E-state index < -0.39 is 0 Å². The molecular formula is C40H24N2S. The zero-order valence-corrected chi connectivity index (χ0v) is 24.0. The van der Waals surface area contributed by atoms with Gasteiger partial charge in [0.1, 0.15) is 4.83 Å². The van der Waals surface area contributed by atoms with Gasteiger partial charge in [0, 0.05) is 26.6 Å². The Hall–Kier alpha value is -5.38. The van der Waals surface area contributed by atoms with Gasteiger partial charge in [-0.25, -0.2) is 9.97 Å². The lowest BCUT2D eigenvalue weighted by Gasteiger charge is -2.12. The van der Waals surface area contributed by atoms with Crippen molar-refractivity contribution in [2.24, 2.45) is 0 Å². The van der Waals surface area contributed by atoms with Crippen LogP contribution in [0.3, 0.4) is 0 Å². The van der Waals surface area contributed by atoms with Crippen molar-refractivity contribution in [1.82, 2.24) is 9.97 Å². The molecule has 0 aliphatic carbocycles. The maximum Gasteiger partial charge on any atom is 0.161 e. The highest BCUT2D eigenvalue weighted by Gasteiger charge is 2.17. The molecule has 0 aliphatic rings. The van der Waals surface area contributed by atoms with E-state index in [0.29, 0.717) is 0 Å². The Kier molecular flexibility index (Phi) is 5.40. The molecule has 0 fully saturated rings. The normalized spacial score (nSPS) is 11.7. The van der Waals surface area contributed by atoms with E-state index in [9.17, 15) is 0 Å². The third-order valence-corrected chi connectivity index (χ3v) is 9.57. The van der Waals surface area contributed by atoms with Crippen LogP contribution in [-0.2, 0) is 0 Å². The Morgan fingerprint density at radius 1 is 0.372 bits per heavy atom. The molecule has 2 nitrogen and oxygen atoms in total. The van der Waals surface area contributed by atoms with Gasteiger partial charge in [-0.15, -0.1) is 11.3 Å². The van der Waals surface area contributed by atoms with Crippen molar-refractivity contribution in [3.05, 3.63) is 146 Å². The van der Waals surface area contributed by atoms with E-state index in [4.69, 9.17) is 9.97 Å². The highest BCUT2D eigenvalue weighted by molar-refractivity contribution is 7.25. The molecule has 2 heterocycles. The molecule has 0 saturated carbocycles. The van der Waals surface area contributed by atoms with Crippen molar-refractivity contribution >= 4 is 64.0 Å². The fourth-order valence-corrected chi connectivity index (χ4v) is 7.53. The first-order valence-corrected chi connectivity index (χ1v) is 15.3. The van der Waals surface area contributed by atoms with Crippen LogP contribution in [0.4, 0.5) is 0 Å². The van der Waals surface area contributed by atoms with Gasteiger partial charge >= 0.3 is 0 Å². The number of nitrogens with zero attached hydrogens (tertiary/aromatic N) is 2. The molecule has 0 atom stereocenters. The van der Waals surface area contributed by atoms with Crippen LogP contribution >= 0.6 is 11.3 Å². The van der Waals surface area contributed by atoms with Crippen LogP contribution in [0.1, 0.15) is 0 Å². The summed E-state index contributed by atoms with van der Waals surface area (Å²) in [6.07, 6.45) is 0. The number of aromatic nitrogens is 2. The summed E-state index contributed by atoms with van der Waals surface area (Å²) in [6.45, 7) is 0. The van der Waals surface area contributed by atoms with Gasteiger partial charge in [-0.2, -0.15) is 0 Å². The first-order valence-electron chi connectivity index (χ1n) is 14.5. The smallest absolute Gasteiger partial charge is 0.161 e. The molecule has 2 aromatic heterocycles. The summed E-state index contributed by atoms with van der Waals surface area (Å²) in [4.78, 5) is 11.3. The first-order chi connectivity index (χ1) is 21.3. The average molecular weight is 565 g/mol. The first kappa shape index (κ1) is 24.2. The highest BCUT2D eigenvalue weighted by Crippen LogP contribution is 2.40. The number of fused-ring (bicyclic) bond motifs is 9. The van der Waals surface area contributed by atoms with E-state index in [1.165, 1.54) is 53.5 Å². The van der Waals surface area contributed by atoms with Crippen LogP contribution in [0.5, 0.6) is 0 Å². The topological polar surface area (TPSA) is 25.8 Å². The Labute approximate surface area is 252 Å². The summed E-state index contributed by atoms with van der Waals surface area (Å²) >= 11 is 1.73. The summed E-state index contributed by atoms with van der Waals surface area (Å²) in [7, 11) is 0. The van der Waals surface area contributed by atoms with E-state index in [2.05, 4.69) is 140 Å². The lowest BCUT2D eigenvalue weighted by atomic mass is 9.92. The highest BCUT2D eigenvalue weighted by atomic mass is 32.1. The molecule has 3 heteroatoms. The molecule has 0 radical (unpaired) electrons. The third-order valence-electron chi connectivity index (χ3n) is 8.51. The molecule has 0 bridgehead atoms. The Bertz CT molecular complexity index is 2460. The zero-order valence-electron chi connectivity index (χ0n) is 23.2. The van der Waals surface area contributed by atoms with Gasteiger partial charge in [-0.3, -0.25) is 0 Å². The van der Waals surface area contributed by atoms with Gasteiger partial charge in [0.2, 0.25) is 0 Å². The summed E-state index contributed by atoms with van der Waals surface area (Å²) in [5.41, 5.74) is 5.47. The molecular weight excluding hydrogens is 541 g/mol. The van der Waals surface area contributed by atoms with Gasteiger partial charge in [-0.1, -0.05) is 133 Å². The fraction of sp³-hybridized carbons (Fsp3) is 0. The molecule has 0 spiro atoms. The lowest BCUT2D eigenvalue weighted by Crippen LogP contribution is -1.93. The monoisotopic (exact) mass is 564 g/mol. The van der Waals surface area contributed by atoms with E-state index in [1.54, 1.807) is 11.3 Å². The van der Waals surface area contributed by atoms with Crippen LogP contribution in [-0.4, -0.2) is 9.97 Å². The molecule has 9 aromatic rings. The maximum atomic E-state index is 5.17. The number of hydrogen-bond acceptors (Lipinski definition) is 3. The van der Waals surface area contributed by atoms with Crippen molar-refractivity contribution in [3.8, 4) is 33.8 Å². The van der Waals surface area contributed by atoms with Gasteiger partial charge in [0.05, 0.1) is 5.69 Å². The third kappa shape index (κ3) is 3.86. The molecule has 0 amide bonds. The molecule has 0 N–H and O–H groups in total. The predicted octanol–water partition coefficient (Wildman–Crippen LogP) is 11.3. The van der Waals surface area contributed by atoms with Crippen molar-refractivity contribution in [2.75, 3.05) is 0 Å². The van der Waals surface area contributed by atoms with Crippen LogP contribution < -0.4 is 0 Å². The number of rotatable bonds is 3. The van der Waals surface area contributed by atoms with Crippen molar-refractivity contribution in [1.29, 1.82) is 0 Å². The summed E-state index contributed by atoms with van der Waals surface area (Å²) in [6, 6.07) is 52.0. The zero-order chi connectivity index (χ0) is 28.3. The summed E-state index contributed by atoms with van der Waals surface area (Å²) < 4.78 is 1.23. The average Bonchev–Trinajstić information content (AvgIpc) is 3.47. The molecule has 9 rings (SSSR count). The molecule has 43 heavy (non-hydrogen) atoms. The van der Waals surface area contributed by atoms with Crippen molar-refractivity contribution < 1.29 is 0 Å². The minimum Gasteiger partial charge on any atom is -0.227 e. The largest absolute Gasteiger partial charge is 0.227 e. The maximum absolute atomic E-state index is 5.17. The van der Waals surface area contributed by atoms with Gasteiger partial charge in [0.15, 0.2) is 5.82 Å². The summed E-state index contributed by atoms with van der Waals surface area (Å²) in [5.74, 6) is 0.750. The Morgan fingerprint density at radius 3 is 1.60 bits per heavy atom. The molecule has 0 aliphatic heterocycles.